The van der Waals surface area contributed by atoms with Crippen LogP contribution in [0, 0.1) is 5.82 Å². The summed E-state index contributed by atoms with van der Waals surface area (Å²) in [5.41, 5.74) is 1.25. The first-order chi connectivity index (χ1) is 12.7. The third-order valence-corrected chi connectivity index (χ3v) is 4.05. The summed E-state index contributed by atoms with van der Waals surface area (Å²) < 4.78 is 23.6. The number of H-pyrrole nitrogens is 1. The minimum atomic E-state index is -0.334. The number of carbonyl (C=O) groups is 1. The van der Waals surface area contributed by atoms with E-state index in [1.165, 1.54) is 12.1 Å². The monoisotopic (exact) mass is 359 g/mol. The first-order valence-corrected chi connectivity index (χ1v) is 8.48. The molecule has 136 valence electrons. The lowest BCUT2D eigenvalue weighted by Gasteiger charge is -2.04. The molecular weight excluding hydrogens is 341 g/mol. The van der Waals surface area contributed by atoms with Gasteiger partial charge < -0.3 is 19.6 Å². The molecule has 26 heavy (non-hydrogen) atoms. The number of fused-ring (bicyclic) bond motifs is 1. The highest BCUT2D eigenvalue weighted by molar-refractivity contribution is 5.77. The fraction of sp³-hybridized carbons (Fsp3) is 0.412. The number of imidazole rings is 1. The molecule has 1 aromatic carbocycles. The zero-order valence-electron chi connectivity index (χ0n) is 14.0. The number of nitrogens with one attached hydrogen (secondary N) is 2. The second-order valence-electron chi connectivity index (χ2n) is 6.26. The van der Waals surface area contributed by atoms with Crippen LogP contribution in [0.1, 0.15) is 36.3 Å². The van der Waals surface area contributed by atoms with Gasteiger partial charge >= 0.3 is 0 Å². The van der Waals surface area contributed by atoms with Crippen molar-refractivity contribution in [3.05, 3.63) is 41.6 Å². The number of aromatic amines is 1. The maximum absolute atomic E-state index is 13.1. The van der Waals surface area contributed by atoms with Gasteiger partial charge in [-0.3, -0.25) is 4.79 Å². The van der Waals surface area contributed by atoms with Crippen molar-refractivity contribution in [3.8, 4) is 0 Å². The van der Waals surface area contributed by atoms with Crippen molar-refractivity contribution in [2.45, 2.75) is 31.8 Å². The number of hydrogen-bond donors (Lipinski definition) is 2. The second kappa shape index (κ2) is 7.20. The van der Waals surface area contributed by atoms with E-state index in [2.05, 4.69) is 25.4 Å². The Kier molecular flexibility index (Phi) is 4.61. The minimum absolute atomic E-state index is 0.0923. The Labute approximate surface area is 148 Å². The fourth-order valence-corrected chi connectivity index (χ4v) is 2.57. The molecule has 1 aliphatic carbocycles. The average molecular weight is 359 g/mol. The van der Waals surface area contributed by atoms with Gasteiger partial charge in [-0.1, -0.05) is 5.16 Å². The summed E-state index contributed by atoms with van der Waals surface area (Å²) in [4.78, 5) is 23.3. The van der Waals surface area contributed by atoms with E-state index in [0.29, 0.717) is 47.5 Å². The first-order valence-electron chi connectivity index (χ1n) is 8.48. The van der Waals surface area contributed by atoms with Crippen molar-refractivity contribution < 1.29 is 18.4 Å². The van der Waals surface area contributed by atoms with Crippen LogP contribution >= 0.6 is 0 Å². The van der Waals surface area contributed by atoms with Crippen LogP contribution in [0.15, 0.2) is 22.7 Å². The summed E-state index contributed by atoms with van der Waals surface area (Å²) in [6.07, 6.45) is 2.73. The van der Waals surface area contributed by atoms with Crippen LogP contribution in [0.25, 0.3) is 11.0 Å². The second-order valence-corrected chi connectivity index (χ2v) is 6.26. The van der Waals surface area contributed by atoms with Crippen molar-refractivity contribution in [1.29, 1.82) is 0 Å². The molecule has 0 unspecified atom stereocenters. The number of halogens is 1. The van der Waals surface area contributed by atoms with Crippen LogP contribution in [0.4, 0.5) is 4.39 Å². The summed E-state index contributed by atoms with van der Waals surface area (Å²) in [7, 11) is 0. The van der Waals surface area contributed by atoms with Gasteiger partial charge in [-0.05, 0) is 31.0 Å². The van der Waals surface area contributed by atoms with Gasteiger partial charge in [0.1, 0.15) is 24.9 Å². The summed E-state index contributed by atoms with van der Waals surface area (Å²) in [6, 6.07) is 4.30. The van der Waals surface area contributed by atoms with Crippen LogP contribution in [0.2, 0.25) is 0 Å². The number of rotatable bonds is 8. The molecule has 0 radical (unpaired) electrons. The third kappa shape index (κ3) is 4.05. The van der Waals surface area contributed by atoms with Gasteiger partial charge in [0, 0.05) is 18.9 Å². The van der Waals surface area contributed by atoms with E-state index in [4.69, 9.17) is 9.26 Å². The molecule has 1 aliphatic rings. The van der Waals surface area contributed by atoms with E-state index < -0.39 is 0 Å². The lowest BCUT2D eigenvalue weighted by Crippen LogP contribution is -2.29. The maximum Gasteiger partial charge on any atom is 0.246 e. The van der Waals surface area contributed by atoms with E-state index in [9.17, 15) is 9.18 Å². The Morgan fingerprint density at radius 3 is 3.12 bits per heavy atom. The van der Waals surface area contributed by atoms with Gasteiger partial charge in [-0.25, -0.2) is 9.37 Å². The zero-order chi connectivity index (χ0) is 17.9. The van der Waals surface area contributed by atoms with Gasteiger partial charge in [-0.2, -0.15) is 4.98 Å². The molecule has 0 spiro atoms. The molecule has 0 bridgehead atoms. The number of hydrogen-bond acceptors (Lipinski definition) is 6. The zero-order valence-corrected chi connectivity index (χ0v) is 14.0. The Bertz CT molecular complexity index is 918. The third-order valence-electron chi connectivity index (χ3n) is 4.05. The smallest absolute Gasteiger partial charge is 0.246 e. The van der Waals surface area contributed by atoms with Gasteiger partial charge in [-0.15, -0.1) is 0 Å². The van der Waals surface area contributed by atoms with Gasteiger partial charge in [0.2, 0.25) is 11.8 Å². The molecular formula is C17H18FN5O3. The van der Waals surface area contributed by atoms with Crippen LogP contribution < -0.4 is 5.32 Å². The first kappa shape index (κ1) is 16.6. The predicted octanol–water partition coefficient (Wildman–Crippen LogP) is 1.84. The van der Waals surface area contributed by atoms with Gasteiger partial charge in [0.05, 0.1) is 11.0 Å². The Hall–Kier alpha value is -2.81. The molecule has 8 nitrogen and oxygen atoms in total. The highest BCUT2D eigenvalue weighted by Gasteiger charge is 2.29. The Morgan fingerprint density at radius 2 is 2.27 bits per heavy atom. The molecule has 2 N–H and O–H groups in total. The number of carbonyl (C=O) groups excluding carboxylic acids is 1. The maximum atomic E-state index is 13.1. The number of aromatic nitrogens is 4. The fourth-order valence-electron chi connectivity index (χ4n) is 2.57. The lowest BCUT2D eigenvalue weighted by atomic mass is 10.3. The molecule has 1 saturated carbocycles. The van der Waals surface area contributed by atoms with E-state index in [1.807, 2.05) is 0 Å². The standard InChI is InChI=1S/C17H18FN5O3/c18-11-3-4-12-13(7-11)21-15(20-12)8-25-9-16(24)19-6-5-14-22-17(26-23-14)10-1-2-10/h3-4,7,10H,1-2,5-6,8-9H2,(H,19,24)(H,20,21). The Morgan fingerprint density at radius 1 is 1.38 bits per heavy atom. The SMILES string of the molecule is O=C(COCc1nc2ccc(F)cc2[nH]1)NCCc1noc(C2CC2)n1. The number of nitrogens with zero attached hydrogens (tertiary/aromatic N) is 3. The lowest BCUT2D eigenvalue weighted by molar-refractivity contribution is -0.126. The molecule has 2 heterocycles. The highest BCUT2D eigenvalue weighted by Crippen LogP contribution is 2.38. The summed E-state index contributed by atoms with van der Waals surface area (Å²) in [6.45, 7) is 0.458. The largest absolute Gasteiger partial charge is 0.364 e. The number of benzene rings is 1. The molecule has 1 amide bonds. The topological polar surface area (TPSA) is 106 Å². The number of ether oxygens (including phenoxy) is 1. The molecule has 0 saturated heterocycles. The normalized spacial score (nSPS) is 14.0. The Balaban J connectivity index is 1.17. The average Bonchev–Trinajstić information content (AvgIpc) is 3.22. The van der Waals surface area contributed by atoms with E-state index in [0.717, 1.165) is 12.8 Å². The van der Waals surface area contributed by atoms with Crippen LogP contribution in [-0.4, -0.2) is 39.2 Å². The molecule has 0 atom stereocenters. The molecule has 9 heteroatoms. The molecule has 1 fully saturated rings. The van der Waals surface area contributed by atoms with Crippen molar-refractivity contribution in [2.24, 2.45) is 0 Å². The minimum Gasteiger partial charge on any atom is -0.364 e. The molecule has 0 aliphatic heterocycles. The molecule has 2 aromatic heterocycles. The van der Waals surface area contributed by atoms with Crippen LogP contribution in [0.3, 0.4) is 0 Å². The van der Waals surface area contributed by atoms with Crippen LogP contribution in [0.5, 0.6) is 0 Å². The summed E-state index contributed by atoms with van der Waals surface area (Å²) >= 11 is 0. The van der Waals surface area contributed by atoms with Crippen molar-refractivity contribution in [1.82, 2.24) is 25.4 Å². The number of amides is 1. The van der Waals surface area contributed by atoms with E-state index >= 15 is 0 Å². The quantitative estimate of drug-likeness (QED) is 0.636. The van der Waals surface area contributed by atoms with Gasteiger partial charge in [0.15, 0.2) is 5.82 Å². The van der Waals surface area contributed by atoms with E-state index in [1.54, 1.807) is 6.07 Å². The van der Waals surface area contributed by atoms with Crippen molar-refractivity contribution in [2.75, 3.05) is 13.2 Å². The van der Waals surface area contributed by atoms with Crippen molar-refractivity contribution >= 4 is 16.9 Å². The van der Waals surface area contributed by atoms with Gasteiger partial charge in [0.25, 0.3) is 0 Å². The molecule has 3 aromatic rings. The highest BCUT2D eigenvalue weighted by atomic mass is 19.1. The molecule has 4 rings (SSSR count). The summed E-state index contributed by atoms with van der Waals surface area (Å²) in [5.74, 6) is 1.69. The predicted molar refractivity (Wildman–Crippen MR) is 88.7 cm³/mol. The van der Waals surface area contributed by atoms with E-state index in [-0.39, 0.29) is 24.9 Å². The van der Waals surface area contributed by atoms with Crippen molar-refractivity contribution in [3.63, 3.8) is 0 Å². The van der Waals surface area contributed by atoms with Crippen LogP contribution in [-0.2, 0) is 22.6 Å². The summed E-state index contributed by atoms with van der Waals surface area (Å²) in [5, 5.41) is 6.64.